The van der Waals surface area contributed by atoms with E-state index in [4.69, 9.17) is 11.6 Å². The number of halogens is 1. The number of nitro groups is 1. The molecule has 0 spiro atoms. The van der Waals surface area contributed by atoms with Crippen molar-refractivity contribution >= 4 is 27.3 Å². The van der Waals surface area contributed by atoms with E-state index < -0.39 is 20.6 Å². The number of aryl methyl sites for hydroxylation is 1. The molecule has 2 aromatic rings. The standard InChI is InChI=1S/C16H17ClN2O4S/c1-12(7-8-13-5-3-2-4-6-13)18-24(22,23)14-9-10-15(17)16(11-14)19(20)21/h2-6,9-12,18H,7-8H2,1H3/t12-/m0/s1. The predicted molar refractivity (Wildman–Crippen MR) is 92.7 cm³/mol. The van der Waals surface area contributed by atoms with Gasteiger partial charge in [0.25, 0.3) is 5.69 Å². The smallest absolute Gasteiger partial charge is 0.258 e. The molecule has 0 aliphatic rings. The summed E-state index contributed by atoms with van der Waals surface area (Å²) in [7, 11) is -3.85. The first-order valence-corrected chi connectivity index (χ1v) is 9.16. The molecule has 0 amide bonds. The van der Waals surface area contributed by atoms with Gasteiger partial charge in [-0.05, 0) is 37.5 Å². The van der Waals surface area contributed by atoms with Crippen LogP contribution in [0.2, 0.25) is 5.02 Å². The molecule has 1 atom stereocenters. The van der Waals surface area contributed by atoms with Gasteiger partial charge in [-0.25, -0.2) is 13.1 Å². The summed E-state index contributed by atoms with van der Waals surface area (Å²) >= 11 is 5.71. The lowest BCUT2D eigenvalue weighted by atomic mass is 10.1. The molecule has 128 valence electrons. The van der Waals surface area contributed by atoms with Gasteiger partial charge < -0.3 is 0 Å². The third-order valence-corrected chi connectivity index (χ3v) is 5.40. The summed E-state index contributed by atoms with van der Waals surface area (Å²) in [4.78, 5) is 10.0. The molecule has 0 fully saturated rings. The van der Waals surface area contributed by atoms with Gasteiger partial charge in [0, 0.05) is 12.1 Å². The van der Waals surface area contributed by atoms with Gasteiger partial charge >= 0.3 is 0 Å². The van der Waals surface area contributed by atoms with Crippen LogP contribution in [0.4, 0.5) is 5.69 Å². The van der Waals surface area contributed by atoms with E-state index in [2.05, 4.69) is 4.72 Å². The topological polar surface area (TPSA) is 89.3 Å². The van der Waals surface area contributed by atoms with Gasteiger partial charge in [-0.15, -0.1) is 0 Å². The summed E-state index contributed by atoms with van der Waals surface area (Å²) < 4.78 is 27.3. The number of hydrogen-bond acceptors (Lipinski definition) is 4. The predicted octanol–water partition coefficient (Wildman–Crippen LogP) is 3.55. The zero-order valence-electron chi connectivity index (χ0n) is 13.0. The highest BCUT2D eigenvalue weighted by Crippen LogP contribution is 2.27. The fourth-order valence-electron chi connectivity index (χ4n) is 2.22. The highest BCUT2D eigenvalue weighted by molar-refractivity contribution is 7.89. The molecule has 0 bridgehead atoms. The fraction of sp³-hybridized carbons (Fsp3) is 0.250. The first-order valence-electron chi connectivity index (χ1n) is 7.30. The minimum atomic E-state index is -3.85. The second-order valence-electron chi connectivity index (χ2n) is 5.42. The van der Waals surface area contributed by atoms with Gasteiger partial charge in [0.2, 0.25) is 10.0 Å². The van der Waals surface area contributed by atoms with Gasteiger partial charge in [-0.3, -0.25) is 10.1 Å². The van der Waals surface area contributed by atoms with Crippen LogP contribution in [-0.2, 0) is 16.4 Å². The average molecular weight is 369 g/mol. The summed E-state index contributed by atoms with van der Waals surface area (Å²) in [6.45, 7) is 1.75. The van der Waals surface area contributed by atoms with E-state index in [1.165, 1.54) is 12.1 Å². The third-order valence-electron chi connectivity index (χ3n) is 3.49. The Labute approximate surface area is 145 Å². The number of sulfonamides is 1. The lowest BCUT2D eigenvalue weighted by Gasteiger charge is -2.14. The van der Waals surface area contributed by atoms with Crippen LogP contribution in [0, 0.1) is 10.1 Å². The molecule has 0 aliphatic carbocycles. The molecule has 0 aromatic heterocycles. The number of nitrogens with one attached hydrogen (secondary N) is 1. The van der Waals surface area contributed by atoms with Crippen molar-refractivity contribution in [3.05, 3.63) is 69.2 Å². The van der Waals surface area contributed by atoms with E-state index in [0.717, 1.165) is 18.1 Å². The molecule has 24 heavy (non-hydrogen) atoms. The van der Waals surface area contributed by atoms with Crippen molar-refractivity contribution in [2.75, 3.05) is 0 Å². The first kappa shape index (κ1) is 18.4. The van der Waals surface area contributed by atoms with E-state index in [0.29, 0.717) is 6.42 Å². The Balaban J connectivity index is 2.07. The lowest BCUT2D eigenvalue weighted by Crippen LogP contribution is -2.33. The maximum atomic E-state index is 12.4. The Morgan fingerprint density at radius 2 is 1.88 bits per heavy atom. The van der Waals surface area contributed by atoms with Gasteiger partial charge in [0.15, 0.2) is 0 Å². The van der Waals surface area contributed by atoms with Crippen LogP contribution in [0.1, 0.15) is 18.9 Å². The molecule has 0 saturated carbocycles. The summed E-state index contributed by atoms with van der Waals surface area (Å²) in [6.07, 6.45) is 1.34. The molecule has 6 nitrogen and oxygen atoms in total. The highest BCUT2D eigenvalue weighted by Gasteiger charge is 2.22. The molecule has 0 radical (unpaired) electrons. The van der Waals surface area contributed by atoms with E-state index in [9.17, 15) is 18.5 Å². The normalized spacial score (nSPS) is 12.8. The Morgan fingerprint density at radius 3 is 2.50 bits per heavy atom. The van der Waals surface area contributed by atoms with Gasteiger partial charge in [-0.2, -0.15) is 0 Å². The van der Waals surface area contributed by atoms with Gasteiger partial charge in [0.05, 0.1) is 9.82 Å². The third kappa shape index (κ3) is 4.77. The number of hydrogen-bond donors (Lipinski definition) is 1. The maximum absolute atomic E-state index is 12.4. The van der Waals surface area contributed by atoms with Crippen molar-refractivity contribution in [2.45, 2.75) is 30.7 Å². The molecule has 0 heterocycles. The average Bonchev–Trinajstić information content (AvgIpc) is 2.53. The molecule has 2 rings (SSSR count). The van der Waals surface area contributed by atoms with Gasteiger partial charge in [-0.1, -0.05) is 41.9 Å². The Bertz CT molecular complexity index is 825. The second-order valence-corrected chi connectivity index (χ2v) is 7.54. The van der Waals surface area contributed by atoms with E-state index in [1.807, 2.05) is 30.3 Å². The fourth-order valence-corrected chi connectivity index (χ4v) is 3.70. The molecule has 0 unspecified atom stereocenters. The van der Waals surface area contributed by atoms with Crippen LogP contribution in [0.3, 0.4) is 0 Å². The molecule has 2 aromatic carbocycles. The van der Waals surface area contributed by atoms with Crippen molar-refractivity contribution in [3.8, 4) is 0 Å². The number of benzene rings is 2. The first-order chi connectivity index (χ1) is 11.3. The van der Waals surface area contributed by atoms with E-state index in [-0.39, 0.29) is 16.0 Å². The van der Waals surface area contributed by atoms with E-state index >= 15 is 0 Å². The minimum Gasteiger partial charge on any atom is -0.258 e. The zero-order valence-corrected chi connectivity index (χ0v) is 14.5. The quantitative estimate of drug-likeness (QED) is 0.597. The molecular weight excluding hydrogens is 352 g/mol. The number of rotatable bonds is 7. The molecule has 0 saturated heterocycles. The van der Waals surface area contributed by atoms with Crippen LogP contribution < -0.4 is 4.72 Å². The Kier molecular flexibility index (Phi) is 5.93. The SMILES string of the molecule is C[C@@H](CCc1ccccc1)NS(=O)(=O)c1ccc(Cl)c([N+](=O)[O-])c1. The van der Waals surface area contributed by atoms with Crippen molar-refractivity contribution in [1.82, 2.24) is 4.72 Å². The van der Waals surface area contributed by atoms with Crippen LogP contribution in [0.5, 0.6) is 0 Å². The monoisotopic (exact) mass is 368 g/mol. The molecular formula is C16H17ClN2O4S. The van der Waals surface area contributed by atoms with E-state index in [1.54, 1.807) is 6.92 Å². The summed E-state index contributed by atoms with van der Waals surface area (Å²) in [5.74, 6) is 0. The summed E-state index contributed by atoms with van der Waals surface area (Å²) in [5, 5.41) is 10.8. The van der Waals surface area contributed by atoms with Crippen molar-refractivity contribution in [1.29, 1.82) is 0 Å². The van der Waals surface area contributed by atoms with Crippen LogP contribution >= 0.6 is 11.6 Å². The Hall–Kier alpha value is -1.96. The molecule has 0 aliphatic heterocycles. The number of nitrogens with zero attached hydrogens (tertiary/aromatic N) is 1. The van der Waals surface area contributed by atoms with Crippen LogP contribution in [-0.4, -0.2) is 19.4 Å². The summed E-state index contributed by atoms with van der Waals surface area (Å²) in [5.41, 5.74) is 0.683. The van der Waals surface area contributed by atoms with Crippen molar-refractivity contribution < 1.29 is 13.3 Å². The number of nitro benzene ring substituents is 1. The highest BCUT2D eigenvalue weighted by atomic mass is 35.5. The van der Waals surface area contributed by atoms with Gasteiger partial charge in [0.1, 0.15) is 5.02 Å². The van der Waals surface area contributed by atoms with Crippen molar-refractivity contribution in [3.63, 3.8) is 0 Å². The van der Waals surface area contributed by atoms with Crippen LogP contribution in [0.25, 0.3) is 0 Å². The molecule has 8 heteroatoms. The summed E-state index contributed by atoms with van der Waals surface area (Å²) in [6, 6.07) is 12.8. The molecule has 1 N–H and O–H groups in total. The Morgan fingerprint density at radius 1 is 1.21 bits per heavy atom. The second kappa shape index (κ2) is 7.74. The van der Waals surface area contributed by atoms with Crippen LogP contribution in [0.15, 0.2) is 53.4 Å². The van der Waals surface area contributed by atoms with Crippen molar-refractivity contribution in [2.24, 2.45) is 0 Å². The largest absolute Gasteiger partial charge is 0.289 e. The zero-order chi connectivity index (χ0) is 17.7. The minimum absolute atomic E-state index is 0.101. The lowest BCUT2D eigenvalue weighted by molar-refractivity contribution is -0.384. The maximum Gasteiger partial charge on any atom is 0.289 e.